The van der Waals surface area contributed by atoms with Gasteiger partial charge >= 0.3 is 0 Å². The van der Waals surface area contributed by atoms with Crippen molar-refractivity contribution < 1.29 is 0 Å². The van der Waals surface area contributed by atoms with Gasteiger partial charge in [0.25, 0.3) is 0 Å². The van der Waals surface area contributed by atoms with Crippen LogP contribution in [0.1, 0.15) is 334 Å². The molecule has 0 amide bonds. The van der Waals surface area contributed by atoms with Gasteiger partial charge in [0.2, 0.25) is 0 Å². The molecule has 0 aromatic heterocycles. The normalized spacial score (nSPS) is 12.2. The summed E-state index contributed by atoms with van der Waals surface area (Å²) in [4.78, 5) is 10.7. The summed E-state index contributed by atoms with van der Waals surface area (Å²) < 4.78 is 0. The number of benzene rings is 2. The fraction of sp³-hybridized carbons (Fsp3) is 0.788. The summed E-state index contributed by atoms with van der Waals surface area (Å²) in [6.07, 6.45) is 66.2. The molecule has 2 aromatic carbocycles. The number of unbranched alkanes of at least 4 members (excludes halogenated alkanes) is 40. The van der Waals surface area contributed by atoms with Crippen molar-refractivity contribution in [2.24, 2.45) is 9.98 Å². The lowest BCUT2D eigenvalue weighted by Crippen LogP contribution is -2.14. The number of aryl methyl sites for hydroxylation is 2. The van der Waals surface area contributed by atoms with E-state index in [0.717, 1.165) is 30.6 Å². The molecule has 68 heavy (non-hydrogen) atoms. The highest BCUT2D eigenvalue weighted by Crippen LogP contribution is 2.23. The van der Waals surface area contributed by atoms with Crippen molar-refractivity contribution in [3.8, 4) is 0 Å². The van der Waals surface area contributed by atoms with Crippen LogP contribution in [0.3, 0.4) is 0 Å². The molecule has 2 heteroatoms. The zero-order chi connectivity index (χ0) is 48.5. The predicted octanol–water partition coefficient (Wildman–Crippen LogP) is 23.6. The van der Waals surface area contributed by atoms with Gasteiger partial charge < -0.3 is 0 Å². The van der Waals surface area contributed by atoms with Crippen molar-refractivity contribution in [2.45, 2.75) is 336 Å². The Labute approximate surface area is 426 Å². The molecule has 0 heterocycles. The molecule has 0 unspecified atom stereocenters. The van der Waals surface area contributed by atoms with Gasteiger partial charge in [-0.2, -0.15) is 0 Å². The average Bonchev–Trinajstić information content (AvgIpc) is 3.36. The molecule has 2 nitrogen and oxygen atoms in total. The van der Waals surface area contributed by atoms with Crippen LogP contribution in [0.2, 0.25) is 0 Å². The van der Waals surface area contributed by atoms with E-state index in [1.165, 1.54) is 311 Å². The van der Waals surface area contributed by atoms with Gasteiger partial charge in [0, 0.05) is 0 Å². The topological polar surface area (TPSA) is 24.7 Å². The maximum atomic E-state index is 5.35. The quantitative estimate of drug-likeness (QED) is 0.0466. The van der Waals surface area contributed by atoms with Crippen LogP contribution in [0.15, 0.2) is 58.5 Å². The highest BCUT2D eigenvalue weighted by molar-refractivity contribution is 6.43. The molecule has 0 aliphatic carbocycles. The van der Waals surface area contributed by atoms with Gasteiger partial charge in [0.1, 0.15) is 0 Å². The maximum Gasteiger partial charge on any atom is 0.0633 e. The molecule has 0 bridgehead atoms. The van der Waals surface area contributed by atoms with Crippen LogP contribution in [0.4, 0.5) is 11.4 Å². The second-order valence-electron chi connectivity index (χ2n) is 21.6. The second kappa shape index (κ2) is 48.4. The molecule has 390 valence electrons. The van der Waals surface area contributed by atoms with E-state index in [9.17, 15) is 0 Å². The predicted molar refractivity (Wildman–Crippen MR) is 310 cm³/mol. The van der Waals surface area contributed by atoms with Crippen molar-refractivity contribution in [1.82, 2.24) is 0 Å². The van der Waals surface area contributed by atoms with Crippen LogP contribution >= 0.6 is 0 Å². The van der Waals surface area contributed by atoms with Crippen LogP contribution in [0.25, 0.3) is 0 Å². The van der Waals surface area contributed by atoms with Gasteiger partial charge in [-0.15, -0.1) is 0 Å². The Morgan fingerprint density at radius 3 is 0.691 bits per heavy atom. The summed E-state index contributed by atoms with van der Waals surface area (Å²) in [6, 6.07) is 18.4. The van der Waals surface area contributed by atoms with Crippen molar-refractivity contribution >= 4 is 22.8 Å². The summed E-state index contributed by atoms with van der Waals surface area (Å²) >= 11 is 0. The zero-order valence-electron chi connectivity index (χ0n) is 46.5. The first kappa shape index (κ1) is 61.9. The number of rotatable bonds is 51. The fourth-order valence-corrected chi connectivity index (χ4v) is 10.2. The van der Waals surface area contributed by atoms with Crippen molar-refractivity contribution in [2.75, 3.05) is 0 Å². The summed E-state index contributed by atoms with van der Waals surface area (Å²) in [5.74, 6) is 0. The summed E-state index contributed by atoms with van der Waals surface area (Å²) in [6.45, 7) is 9.22. The number of nitrogens with zero attached hydrogens (tertiary/aromatic N) is 2. The lowest BCUT2D eigenvalue weighted by atomic mass is 10.0. The van der Waals surface area contributed by atoms with Gasteiger partial charge in [0.05, 0.1) is 22.8 Å². The summed E-state index contributed by atoms with van der Waals surface area (Å²) in [5, 5.41) is 0. The SMILES string of the molecule is CCCCCCCCCCCCCCCCCCCCCc1ccc(N=C(CCCC)C(CCCCCC)=Nc2ccc(CCCCCCCCCCCCCCCCCCCCC)cc2)cc1. The zero-order valence-corrected chi connectivity index (χ0v) is 46.5. The van der Waals surface area contributed by atoms with Crippen LogP contribution in [-0.4, -0.2) is 11.4 Å². The molecule has 0 radical (unpaired) electrons. The second-order valence-corrected chi connectivity index (χ2v) is 21.6. The average molecular weight is 938 g/mol. The first-order chi connectivity index (χ1) is 33.7. The largest absolute Gasteiger partial charge is 0.252 e. The highest BCUT2D eigenvalue weighted by Gasteiger charge is 2.11. The third-order valence-electron chi connectivity index (χ3n) is 14.9. The molecule has 2 aromatic rings. The first-order valence-corrected chi connectivity index (χ1v) is 31.0. The molecule has 0 atom stereocenters. The Morgan fingerprint density at radius 2 is 0.441 bits per heavy atom. The minimum absolute atomic E-state index is 1.00. The number of hydrogen-bond acceptors (Lipinski definition) is 2. The molecule has 0 fully saturated rings. The molecule has 0 spiro atoms. The Balaban J connectivity index is 1.67. The molecular weight excluding hydrogens is 821 g/mol. The molecular formula is C66H116N2. The van der Waals surface area contributed by atoms with Gasteiger partial charge in [0.15, 0.2) is 0 Å². The minimum atomic E-state index is 1.00. The number of aliphatic imine (C=N–C) groups is 2. The van der Waals surface area contributed by atoms with Gasteiger partial charge in [-0.1, -0.05) is 309 Å². The van der Waals surface area contributed by atoms with E-state index in [1.54, 1.807) is 0 Å². The molecule has 0 saturated carbocycles. The van der Waals surface area contributed by atoms with Crippen molar-refractivity contribution in [3.05, 3.63) is 59.7 Å². The van der Waals surface area contributed by atoms with Crippen molar-refractivity contribution in [3.63, 3.8) is 0 Å². The van der Waals surface area contributed by atoms with E-state index < -0.39 is 0 Å². The lowest BCUT2D eigenvalue weighted by Gasteiger charge is -2.12. The molecule has 0 saturated heterocycles. The smallest absolute Gasteiger partial charge is 0.0633 e. The molecule has 0 aliphatic rings. The standard InChI is InChI=1S/C66H116N2/c1-5-9-13-16-18-20-22-24-26-28-30-32-34-36-38-40-42-44-46-49-61-53-57-63(58-54-61)67-65(51-12-8-4)66(52-48-15-11-7-3)68-64-59-55-62(56-60-64)50-47-45-43-41-39-37-35-33-31-29-27-25-23-21-19-17-14-10-6-2/h53-60H,5-52H2,1-4H3. The van der Waals surface area contributed by atoms with E-state index in [1.807, 2.05) is 0 Å². The molecule has 2 rings (SSSR count). The Morgan fingerprint density at radius 1 is 0.235 bits per heavy atom. The van der Waals surface area contributed by atoms with Gasteiger partial charge in [-0.3, -0.25) is 9.98 Å². The third-order valence-corrected chi connectivity index (χ3v) is 14.9. The van der Waals surface area contributed by atoms with Gasteiger partial charge in [-0.05, 0) is 86.8 Å². The Hall–Kier alpha value is -2.22. The Bertz CT molecular complexity index is 1390. The van der Waals surface area contributed by atoms with E-state index in [-0.39, 0.29) is 0 Å². The van der Waals surface area contributed by atoms with Crippen LogP contribution in [0, 0.1) is 0 Å². The van der Waals surface area contributed by atoms with E-state index >= 15 is 0 Å². The molecule has 0 aliphatic heterocycles. The fourth-order valence-electron chi connectivity index (χ4n) is 10.2. The Kier molecular flexibility index (Phi) is 44.1. The lowest BCUT2D eigenvalue weighted by molar-refractivity contribution is 0.523. The molecule has 0 N–H and O–H groups in total. The number of hydrogen-bond donors (Lipinski definition) is 0. The monoisotopic (exact) mass is 937 g/mol. The van der Waals surface area contributed by atoms with Crippen LogP contribution in [-0.2, 0) is 12.8 Å². The van der Waals surface area contributed by atoms with E-state index in [2.05, 4.69) is 76.2 Å². The third kappa shape index (κ3) is 37.6. The maximum absolute atomic E-state index is 5.35. The summed E-state index contributed by atoms with van der Waals surface area (Å²) in [7, 11) is 0. The minimum Gasteiger partial charge on any atom is -0.252 e. The van der Waals surface area contributed by atoms with Crippen LogP contribution < -0.4 is 0 Å². The highest BCUT2D eigenvalue weighted by atomic mass is 14.8. The van der Waals surface area contributed by atoms with E-state index in [0.29, 0.717) is 0 Å². The first-order valence-electron chi connectivity index (χ1n) is 31.0. The van der Waals surface area contributed by atoms with Crippen LogP contribution in [0.5, 0.6) is 0 Å². The summed E-state index contributed by atoms with van der Waals surface area (Å²) in [5.41, 5.74) is 7.50. The van der Waals surface area contributed by atoms with Crippen molar-refractivity contribution in [1.29, 1.82) is 0 Å². The van der Waals surface area contributed by atoms with Gasteiger partial charge in [-0.25, -0.2) is 0 Å². The van der Waals surface area contributed by atoms with E-state index in [4.69, 9.17) is 9.98 Å².